The van der Waals surface area contributed by atoms with Crippen molar-refractivity contribution in [2.75, 3.05) is 5.32 Å². The van der Waals surface area contributed by atoms with Crippen molar-refractivity contribution >= 4 is 17.6 Å². The number of aliphatic carboxylic acids is 1. The maximum Gasteiger partial charge on any atom is 0.310 e. The van der Waals surface area contributed by atoms with Crippen molar-refractivity contribution < 1.29 is 14.7 Å². The van der Waals surface area contributed by atoms with E-state index in [-0.39, 0.29) is 12.3 Å². The van der Waals surface area contributed by atoms with Gasteiger partial charge in [0.05, 0.1) is 11.1 Å². The Morgan fingerprint density at radius 2 is 2.18 bits per heavy atom. The summed E-state index contributed by atoms with van der Waals surface area (Å²) < 4.78 is 1.47. The average molecular weight is 301 g/mol. The van der Waals surface area contributed by atoms with Crippen LogP contribution in [0.5, 0.6) is 0 Å². The SMILES string of the molecule is O=C(CC1(C(=O)O)CCC1)Nc1cccc(-n2cnnn2)c1. The lowest BCUT2D eigenvalue weighted by Crippen LogP contribution is -2.41. The summed E-state index contributed by atoms with van der Waals surface area (Å²) in [5, 5.41) is 22.9. The summed E-state index contributed by atoms with van der Waals surface area (Å²) in [7, 11) is 0. The zero-order valence-electron chi connectivity index (χ0n) is 11.8. The number of carboxylic acid groups (broad SMARTS) is 1. The Kier molecular flexibility index (Phi) is 3.58. The normalized spacial score (nSPS) is 15.8. The van der Waals surface area contributed by atoms with Crippen LogP contribution in [0.25, 0.3) is 5.69 Å². The molecule has 8 nitrogen and oxygen atoms in total. The van der Waals surface area contributed by atoms with Crippen LogP contribution >= 0.6 is 0 Å². The van der Waals surface area contributed by atoms with Crippen LogP contribution in [0.15, 0.2) is 30.6 Å². The molecular formula is C14H15N5O3. The molecule has 0 atom stereocenters. The number of nitrogens with one attached hydrogen (secondary N) is 1. The Morgan fingerprint density at radius 1 is 1.36 bits per heavy atom. The molecule has 114 valence electrons. The zero-order valence-corrected chi connectivity index (χ0v) is 11.8. The number of nitrogens with zero attached hydrogens (tertiary/aromatic N) is 4. The summed E-state index contributed by atoms with van der Waals surface area (Å²) in [5.41, 5.74) is 0.398. The molecule has 1 heterocycles. The highest BCUT2D eigenvalue weighted by Gasteiger charge is 2.45. The van der Waals surface area contributed by atoms with E-state index in [2.05, 4.69) is 20.8 Å². The van der Waals surface area contributed by atoms with Crippen LogP contribution in [0.4, 0.5) is 5.69 Å². The molecule has 3 rings (SSSR count). The van der Waals surface area contributed by atoms with Crippen molar-refractivity contribution in [3.8, 4) is 5.69 Å². The maximum absolute atomic E-state index is 12.1. The third-order valence-corrected chi connectivity index (χ3v) is 4.01. The topological polar surface area (TPSA) is 110 Å². The Hall–Kier alpha value is -2.77. The van der Waals surface area contributed by atoms with E-state index in [1.54, 1.807) is 24.3 Å². The van der Waals surface area contributed by atoms with Gasteiger partial charge in [-0.15, -0.1) is 5.10 Å². The summed E-state index contributed by atoms with van der Waals surface area (Å²) in [6.07, 6.45) is 3.42. The molecule has 8 heteroatoms. The van der Waals surface area contributed by atoms with Gasteiger partial charge in [0.2, 0.25) is 5.91 Å². The van der Waals surface area contributed by atoms with Crippen molar-refractivity contribution in [1.29, 1.82) is 0 Å². The minimum atomic E-state index is -0.892. The number of carbonyl (C=O) groups excluding carboxylic acids is 1. The summed E-state index contributed by atoms with van der Waals surface area (Å²) >= 11 is 0. The van der Waals surface area contributed by atoms with Crippen molar-refractivity contribution in [1.82, 2.24) is 20.2 Å². The van der Waals surface area contributed by atoms with Crippen molar-refractivity contribution in [2.24, 2.45) is 5.41 Å². The molecule has 22 heavy (non-hydrogen) atoms. The van der Waals surface area contributed by atoms with Gasteiger partial charge in [-0.1, -0.05) is 12.5 Å². The van der Waals surface area contributed by atoms with E-state index in [1.807, 2.05) is 0 Å². The Balaban J connectivity index is 1.69. The van der Waals surface area contributed by atoms with Gasteiger partial charge in [-0.2, -0.15) is 0 Å². The number of carboxylic acids is 1. The molecule has 1 fully saturated rings. The average Bonchev–Trinajstić information content (AvgIpc) is 2.97. The van der Waals surface area contributed by atoms with Crippen LogP contribution in [0.2, 0.25) is 0 Å². The maximum atomic E-state index is 12.1. The molecule has 0 radical (unpaired) electrons. The molecule has 1 aromatic heterocycles. The molecule has 0 saturated heterocycles. The predicted octanol–water partition coefficient (Wildman–Crippen LogP) is 1.25. The van der Waals surface area contributed by atoms with E-state index in [1.165, 1.54) is 11.0 Å². The summed E-state index contributed by atoms with van der Waals surface area (Å²) in [5.74, 6) is -1.19. The van der Waals surface area contributed by atoms with Crippen molar-refractivity contribution in [2.45, 2.75) is 25.7 Å². The number of hydrogen-bond acceptors (Lipinski definition) is 5. The van der Waals surface area contributed by atoms with E-state index in [4.69, 9.17) is 0 Å². The summed E-state index contributed by atoms with van der Waals surface area (Å²) in [6.45, 7) is 0. The smallest absolute Gasteiger partial charge is 0.310 e. The number of carbonyl (C=O) groups is 2. The van der Waals surface area contributed by atoms with Gasteiger partial charge in [-0.3, -0.25) is 9.59 Å². The zero-order chi connectivity index (χ0) is 15.6. The first-order valence-electron chi connectivity index (χ1n) is 6.96. The van der Waals surface area contributed by atoms with E-state index in [0.29, 0.717) is 24.2 Å². The van der Waals surface area contributed by atoms with Crippen molar-refractivity contribution in [3.63, 3.8) is 0 Å². The molecule has 2 aromatic rings. The molecule has 1 amide bonds. The van der Waals surface area contributed by atoms with Crippen LogP contribution in [-0.4, -0.2) is 37.2 Å². The van der Waals surface area contributed by atoms with E-state index < -0.39 is 11.4 Å². The van der Waals surface area contributed by atoms with Gasteiger partial charge in [-0.05, 0) is 41.5 Å². The van der Waals surface area contributed by atoms with Crippen LogP contribution < -0.4 is 5.32 Å². The molecule has 1 aliphatic carbocycles. The summed E-state index contributed by atoms with van der Waals surface area (Å²) in [6, 6.07) is 7.03. The van der Waals surface area contributed by atoms with Gasteiger partial charge in [0.25, 0.3) is 0 Å². The highest BCUT2D eigenvalue weighted by molar-refractivity contribution is 5.94. The number of tetrazole rings is 1. The fraction of sp³-hybridized carbons (Fsp3) is 0.357. The molecule has 0 aliphatic heterocycles. The third-order valence-electron chi connectivity index (χ3n) is 4.01. The minimum absolute atomic E-state index is 0.00254. The Bertz CT molecular complexity index is 694. The van der Waals surface area contributed by atoms with E-state index in [9.17, 15) is 14.7 Å². The molecular weight excluding hydrogens is 286 g/mol. The largest absolute Gasteiger partial charge is 0.481 e. The van der Waals surface area contributed by atoms with Gasteiger partial charge < -0.3 is 10.4 Å². The first-order chi connectivity index (χ1) is 10.6. The lowest BCUT2D eigenvalue weighted by molar-refractivity contribution is -0.157. The molecule has 0 spiro atoms. The Labute approximate surface area is 126 Å². The highest BCUT2D eigenvalue weighted by atomic mass is 16.4. The number of anilines is 1. The second kappa shape index (κ2) is 5.55. The van der Waals surface area contributed by atoms with Gasteiger partial charge in [0, 0.05) is 12.1 Å². The van der Waals surface area contributed by atoms with Crippen LogP contribution in [0.1, 0.15) is 25.7 Å². The minimum Gasteiger partial charge on any atom is -0.481 e. The van der Waals surface area contributed by atoms with E-state index in [0.717, 1.165) is 6.42 Å². The number of rotatable bonds is 5. The fourth-order valence-corrected chi connectivity index (χ4v) is 2.59. The molecule has 2 N–H and O–H groups in total. The highest BCUT2D eigenvalue weighted by Crippen LogP contribution is 2.44. The monoisotopic (exact) mass is 301 g/mol. The van der Waals surface area contributed by atoms with Gasteiger partial charge >= 0.3 is 5.97 Å². The van der Waals surface area contributed by atoms with Crippen molar-refractivity contribution in [3.05, 3.63) is 30.6 Å². The molecule has 1 aliphatic rings. The lowest BCUT2D eigenvalue weighted by Gasteiger charge is -2.36. The van der Waals surface area contributed by atoms with Crippen LogP contribution in [-0.2, 0) is 9.59 Å². The number of hydrogen-bond donors (Lipinski definition) is 2. The van der Waals surface area contributed by atoms with Gasteiger partial charge in [0.1, 0.15) is 6.33 Å². The van der Waals surface area contributed by atoms with E-state index >= 15 is 0 Å². The quantitative estimate of drug-likeness (QED) is 0.860. The predicted molar refractivity (Wildman–Crippen MR) is 76.3 cm³/mol. The standard InChI is InChI=1S/C14H15N5O3/c20-12(8-14(13(21)22)5-2-6-14)16-10-3-1-4-11(7-10)19-9-15-17-18-19/h1,3-4,7,9H,2,5-6,8H2,(H,16,20)(H,21,22). The lowest BCUT2D eigenvalue weighted by atomic mass is 9.66. The van der Waals surface area contributed by atoms with Gasteiger partial charge in [0.15, 0.2) is 0 Å². The molecule has 1 aromatic carbocycles. The first kappa shape index (κ1) is 14.2. The molecule has 0 unspecified atom stereocenters. The number of amides is 1. The first-order valence-corrected chi connectivity index (χ1v) is 6.96. The van der Waals surface area contributed by atoms with Crippen LogP contribution in [0, 0.1) is 5.41 Å². The second-order valence-corrected chi connectivity index (χ2v) is 5.47. The van der Waals surface area contributed by atoms with Gasteiger partial charge in [-0.25, -0.2) is 4.68 Å². The second-order valence-electron chi connectivity index (χ2n) is 5.47. The third kappa shape index (κ3) is 2.67. The molecule has 0 bridgehead atoms. The fourth-order valence-electron chi connectivity index (χ4n) is 2.59. The van der Waals surface area contributed by atoms with Crippen LogP contribution in [0.3, 0.4) is 0 Å². The number of benzene rings is 1. The Morgan fingerprint density at radius 3 is 2.77 bits per heavy atom. The number of aromatic nitrogens is 4. The molecule has 1 saturated carbocycles. The summed E-state index contributed by atoms with van der Waals surface area (Å²) in [4.78, 5) is 23.4.